The van der Waals surface area contributed by atoms with Crippen molar-refractivity contribution in [1.82, 2.24) is 5.32 Å². The van der Waals surface area contributed by atoms with E-state index in [-0.39, 0.29) is 23.0 Å². The Bertz CT molecular complexity index is 868. The minimum Gasteiger partial charge on any atom is -0.480 e. The number of carboxylic acids is 1. The molecule has 30 heavy (non-hydrogen) atoms. The van der Waals surface area contributed by atoms with Gasteiger partial charge in [-0.25, -0.2) is 9.59 Å². The second kappa shape index (κ2) is 10.0. The first-order valence-corrected chi connectivity index (χ1v) is 13.2. The summed E-state index contributed by atoms with van der Waals surface area (Å²) in [5.41, 5.74) is 4.53. The first-order chi connectivity index (χ1) is 14.3. The highest BCUT2D eigenvalue weighted by atomic mass is 33.5. The third-order valence-corrected chi connectivity index (χ3v) is 9.51. The van der Waals surface area contributed by atoms with E-state index < -0.39 is 18.1 Å². The van der Waals surface area contributed by atoms with Crippen LogP contribution in [0.4, 0.5) is 4.79 Å². The van der Waals surface area contributed by atoms with E-state index in [1.54, 1.807) is 10.8 Å². The van der Waals surface area contributed by atoms with Gasteiger partial charge in [0.25, 0.3) is 0 Å². The Kier molecular flexibility index (Phi) is 7.65. The molecule has 0 unspecified atom stereocenters. The second-order valence-electron chi connectivity index (χ2n) is 7.91. The number of alkyl carbamates (subject to hydrolysis) is 1. The highest BCUT2D eigenvalue weighted by molar-refractivity contribution is 9.09. The molecule has 2 aromatic rings. The summed E-state index contributed by atoms with van der Waals surface area (Å²) in [6, 6.07) is 15.2. The summed E-state index contributed by atoms with van der Waals surface area (Å²) in [7, 11) is 4.60. The maximum atomic E-state index is 12.3. The predicted molar refractivity (Wildman–Crippen MR) is 127 cm³/mol. The molecule has 0 heterocycles. The minimum absolute atomic E-state index is 0.0560. The summed E-state index contributed by atoms with van der Waals surface area (Å²) in [5.74, 6) is -0.871. The number of benzene rings is 2. The van der Waals surface area contributed by atoms with Crippen molar-refractivity contribution in [3.8, 4) is 11.1 Å². The van der Waals surface area contributed by atoms with E-state index in [0.29, 0.717) is 0 Å². The first-order valence-electron chi connectivity index (χ1n) is 9.58. The fourth-order valence-electron chi connectivity index (χ4n) is 3.18. The zero-order chi connectivity index (χ0) is 21.7. The summed E-state index contributed by atoms with van der Waals surface area (Å²) >= 11 is 0. The molecule has 2 aromatic carbocycles. The van der Waals surface area contributed by atoms with E-state index >= 15 is 0 Å². The molecule has 5 nitrogen and oxygen atoms in total. The van der Waals surface area contributed by atoms with Crippen molar-refractivity contribution in [1.29, 1.82) is 0 Å². The maximum Gasteiger partial charge on any atom is 0.407 e. The number of aliphatic carboxylic acids is 1. The number of amides is 1. The van der Waals surface area contributed by atoms with E-state index in [0.717, 1.165) is 22.3 Å². The number of nitrogens with one attached hydrogen (secondary N) is 1. The lowest BCUT2D eigenvalue weighted by Crippen LogP contribution is -2.43. The van der Waals surface area contributed by atoms with Gasteiger partial charge in [0.2, 0.25) is 0 Å². The van der Waals surface area contributed by atoms with Gasteiger partial charge in [0.05, 0.1) is 0 Å². The zero-order valence-corrected chi connectivity index (χ0v) is 19.5. The number of fused-ring (bicyclic) bond motifs is 3. The van der Waals surface area contributed by atoms with E-state index in [1.165, 1.54) is 20.6 Å². The van der Waals surface area contributed by atoms with Crippen molar-refractivity contribution >= 4 is 43.5 Å². The molecule has 0 fully saturated rings. The van der Waals surface area contributed by atoms with Gasteiger partial charge in [-0.05, 0) is 32.1 Å². The average molecular weight is 464 g/mol. The summed E-state index contributed by atoms with van der Waals surface area (Å²) in [4.78, 5) is 23.8. The highest BCUT2D eigenvalue weighted by Crippen LogP contribution is 2.45. The topological polar surface area (TPSA) is 75.6 Å². The zero-order valence-electron chi connectivity index (χ0n) is 17.1. The Morgan fingerprint density at radius 2 is 1.63 bits per heavy atom. The Morgan fingerprint density at radius 3 is 2.17 bits per heavy atom. The molecule has 0 bridgehead atoms. The third-order valence-electron chi connectivity index (χ3n) is 4.50. The lowest BCUT2D eigenvalue weighted by atomic mass is 9.98. The number of carbonyl (C=O) groups is 2. The van der Waals surface area contributed by atoms with Crippen LogP contribution in [-0.2, 0) is 9.53 Å². The van der Waals surface area contributed by atoms with Gasteiger partial charge < -0.3 is 15.2 Å². The lowest BCUT2D eigenvalue weighted by Gasteiger charge is -2.18. The Balaban J connectivity index is 1.56. The molecule has 0 saturated heterocycles. The quantitative estimate of drug-likeness (QED) is 0.378. The number of carboxylic acid groups (broad SMARTS) is 1. The van der Waals surface area contributed by atoms with E-state index in [4.69, 9.17) is 4.74 Å². The highest BCUT2D eigenvalue weighted by Gasteiger charge is 2.29. The third kappa shape index (κ3) is 5.89. The minimum atomic E-state index is -1.07. The van der Waals surface area contributed by atoms with Crippen LogP contribution < -0.4 is 5.32 Å². The molecule has 0 aromatic heterocycles. The van der Waals surface area contributed by atoms with Crippen LogP contribution in [0.25, 0.3) is 11.1 Å². The molecule has 1 atom stereocenters. The maximum absolute atomic E-state index is 12.3. The van der Waals surface area contributed by atoms with Gasteiger partial charge in [0.1, 0.15) is 12.6 Å². The largest absolute Gasteiger partial charge is 0.480 e. The summed E-state index contributed by atoms with van der Waals surface area (Å²) < 4.78 is 5.53. The smallest absolute Gasteiger partial charge is 0.407 e. The van der Waals surface area contributed by atoms with Crippen LogP contribution in [0.1, 0.15) is 37.8 Å². The van der Waals surface area contributed by atoms with Crippen LogP contribution in [-0.4, -0.2) is 40.3 Å². The molecule has 1 aliphatic carbocycles. The molecule has 0 aliphatic heterocycles. The van der Waals surface area contributed by atoms with Crippen LogP contribution in [0.5, 0.6) is 0 Å². The first kappa shape index (κ1) is 22.9. The molecule has 3 rings (SSSR count). The van der Waals surface area contributed by atoms with Gasteiger partial charge in [-0.3, -0.25) is 0 Å². The fraction of sp³-hybridized carbons (Fsp3) is 0.364. The Morgan fingerprint density at radius 1 is 1.07 bits per heavy atom. The summed E-state index contributed by atoms with van der Waals surface area (Å²) in [5, 5.41) is 11.9. The van der Waals surface area contributed by atoms with E-state index in [9.17, 15) is 14.7 Å². The molecule has 0 saturated carbocycles. The fourth-order valence-corrected chi connectivity index (χ4v) is 7.95. The number of carbonyl (C=O) groups excluding carboxylic acids is 1. The molecule has 2 N–H and O–H groups in total. The van der Waals surface area contributed by atoms with Gasteiger partial charge in [-0.1, -0.05) is 90.9 Å². The Labute approximate surface area is 188 Å². The predicted octanol–water partition coefficient (Wildman–Crippen LogP) is 5.81. The Hall–Kier alpha value is -1.77. The summed E-state index contributed by atoms with van der Waals surface area (Å²) in [6.45, 7) is 6.44. The van der Waals surface area contributed by atoms with Crippen LogP contribution >= 0.6 is 31.4 Å². The van der Waals surface area contributed by atoms with Gasteiger partial charge in [-0.2, -0.15) is 0 Å². The van der Waals surface area contributed by atoms with Gasteiger partial charge >= 0.3 is 12.1 Å². The molecule has 0 radical (unpaired) electrons. The number of hydrogen-bond donors (Lipinski definition) is 2. The van der Waals surface area contributed by atoms with Crippen molar-refractivity contribution in [3.05, 3.63) is 59.7 Å². The van der Waals surface area contributed by atoms with E-state index in [2.05, 4.69) is 38.2 Å². The van der Waals surface area contributed by atoms with Gasteiger partial charge in [0, 0.05) is 16.4 Å². The van der Waals surface area contributed by atoms with Crippen LogP contribution in [0.15, 0.2) is 48.5 Å². The number of ether oxygens (including phenoxy) is 1. The molecular formula is C22H25NO4S3. The normalized spacial score (nSPS) is 14.0. The SMILES string of the molecule is CC(C)(C)SSSC[C@H](NC(=O)OCC1c2ccccc2-c2ccccc21)C(=O)O. The molecule has 1 amide bonds. The van der Waals surface area contributed by atoms with Crippen molar-refractivity contribution in [3.63, 3.8) is 0 Å². The van der Waals surface area contributed by atoms with Gasteiger partial charge in [-0.15, -0.1) is 0 Å². The molecule has 160 valence electrons. The van der Waals surface area contributed by atoms with Crippen LogP contribution in [0.2, 0.25) is 0 Å². The summed E-state index contributed by atoms with van der Waals surface area (Å²) in [6.07, 6.45) is -0.710. The van der Waals surface area contributed by atoms with Crippen molar-refractivity contribution < 1.29 is 19.4 Å². The van der Waals surface area contributed by atoms with Crippen LogP contribution in [0, 0.1) is 0 Å². The number of hydrogen-bond acceptors (Lipinski definition) is 6. The molecule has 1 aliphatic rings. The van der Waals surface area contributed by atoms with Crippen molar-refractivity contribution in [2.45, 2.75) is 37.5 Å². The van der Waals surface area contributed by atoms with Crippen molar-refractivity contribution in [2.75, 3.05) is 12.4 Å². The average Bonchev–Trinajstić information content (AvgIpc) is 3.01. The second-order valence-corrected chi connectivity index (χ2v) is 12.8. The van der Waals surface area contributed by atoms with Crippen LogP contribution in [0.3, 0.4) is 0 Å². The number of rotatable bonds is 8. The lowest BCUT2D eigenvalue weighted by molar-refractivity contribution is -0.138. The van der Waals surface area contributed by atoms with Crippen molar-refractivity contribution in [2.24, 2.45) is 0 Å². The van der Waals surface area contributed by atoms with Gasteiger partial charge in [0.15, 0.2) is 0 Å². The van der Waals surface area contributed by atoms with E-state index in [1.807, 2.05) is 36.4 Å². The standard InChI is InChI=1S/C22H25NO4S3/c1-22(2,3)29-30-28-13-19(20(24)25)23-21(26)27-12-18-16-10-6-4-8-14(16)15-9-5-7-11-17(15)18/h4-11,18-19H,12-13H2,1-3H3,(H,23,26)(H,24,25)/t19-/m0/s1. The monoisotopic (exact) mass is 463 g/mol. The molecule has 8 heteroatoms. The molecule has 0 spiro atoms. The molecular weight excluding hydrogens is 438 g/mol.